The smallest absolute Gasteiger partial charge is 0.0970 e. The number of fused-ring (bicyclic) bond motifs is 1. The molecule has 1 aliphatic heterocycles. The second-order valence-corrected chi connectivity index (χ2v) is 5.11. The van der Waals surface area contributed by atoms with Crippen LogP contribution in [0.1, 0.15) is 0 Å². The van der Waals surface area contributed by atoms with Crippen LogP contribution in [0.5, 0.6) is 0 Å². The number of hydrogen-bond donors (Lipinski definition) is 2. The molecule has 0 aliphatic carbocycles. The first-order valence-electron chi connectivity index (χ1n) is 5.54. The van der Waals surface area contributed by atoms with Gasteiger partial charge in [-0.15, -0.1) is 0 Å². The lowest BCUT2D eigenvalue weighted by Crippen LogP contribution is -2.48. The number of nitrogens with one attached hydrogen (secondary N) is 2. The Kier molecular flexibility index (Phi) is 2.61. The van der Waals surface area contributed by atoms with Crippen LogP contribution in [0.2, 0.25) is 0 Å². The highest BCUT2D eigenvalue weighted by Gasteiger charge is 2.21. The van der Waals surface area contributed by atoms with Gasteiger partial charge in [-0.25, -0.2) is 0 Å². The normalized spacial score (nSPS) is 21.6. The van der Waals surface area contributed by atoms with Crippen molar-refractivity contribution in [3.8, 4) is 0 Å². The second kappa shape index (κ2) is 4.11. The summed E-state index contributed by atoms with van der Waals surface area (Å²) in [5.74, 6) is 0. The van der Waals surface area contributed by atoms with Crippen LogP contribution in [0, 0.1) is 0 Å². The number of H-pyrrole nitrogens is 1. The van der Waals surface area contributed by atoms with E-state index in [4.69, 9.17) is 0 Å². The van der Waals surface area contributed by atoms with E-state index in [1.54, 1.807) is 0 Å². The zero-order chi connectivity index (χ0) is 11.0. The van der Waals surface area contributed by atoms with E-state index in [0.29, 0.717) is 4.95 Å². The van der Waals surface area contributed by atoms with E-state index in [1.807, 2.05) is 6.20 Å². The van der Waals surface area contributed by atoms with Crippen molar-refractivity contribution < 1.29 is 0 Å². The van der Waals surface area contributed by atoms with Crippen molar-refractivity contribution in [3.05, 3.63) is 30.5 Å². The monoisotopic (exact) mass is 279 g/mol. The van der Waals surface area contributed by atoms with E-state index < -0.39 is 0 Å². The Morgan fingerprint density at radius 1 is 1.31 bits per heavy atom. The SMILES string of the molecule is BrC1CNCCN1c1cccc2[nH]ccc12. The number of rotatable bonds is 1. The number of aromatic amines is 1. The molecule has 1 aliphatic rings. The number of halogens is 1. The van der Waals surface area contributed by atoms with Crippen LogP contribution >= 0.6 is 15.9 Å². The highest BCUT2D eigenvalue weighted by atomic mass is 79.9. The lowest BCUT2D eigenvalue weighted by Gasteiger charge is -2.35. The summed E-state index contributed by atoms with van der Waals surface area (Å²) in [6, 6.07) is 8.56. The molecular weight excluding hydrogens is 266 g/mol. The van der Waals surface area contributed by atoms with Gasteiger partial charge < -0.3 is 15.2 Å². The molecule has 1 aromatic carbocycles. The number of alkyl halides is 1. The van der Waals surface area contributed by atoms with Gasteiger partial charge in [-0.2, -0.15) is 0 Å². The largest absolute Gasteiger partial charge is 0.361 e. The van der Waals surface area contributed by atoms with Crippen molar-refractivity contribution in [2.75, 3.05) is 24.5 Å². The van der Waals surface area contributed by atoms with Gasteiger partial charge in [0.05, 0.1) is 4.95 Å². The van der Waals surface area contributed by atoms with E-state index in [0.717, 1.165) is 19.6 Å². The zero-order valence-electron chi connectivity index (χ0n) is 8.91. The lowest BCUT2D eigenvalue weighted by molar-refractivity contribution is 0.570. The molecule has 1 atom stereocenters. The molecule has 16 heavy (non-hydrogen) atoms. The summed E-state index contributed by atoms with van der Waals surface area (Å²) in [5.41, 5.74) is 2.51. The van der Waals surface area contributed by atoms with Crippen LogP contribution in [0.15, 0.2) is 30.5 Å². The van der Waals surface area contributed by atoms with Crippen LogP contribution in [0.25, 0.3) is 10.9 Å². The third kappa shape index (κ3) is 1.62. The summed E-state index contributed by atoms with van der Waals surface area (Å²) >= 11 is 3.72. The Labute approximate surface area is 103 Å². The van der Waals surface area contributed by atoms with E-state index in [9.17, 15) is 0 Å². The average Bonchev–Trinajstić information content (AvgIpc) is 2.77. The third-order valence-corrected chi connectivity index (χ3v) is 3.88. The summed E-state index contributed by atoms with van der Waals surface area (Å²) < 4.78 is 0. The number of aromatic nitrogens is 1. The number of nitrogens with zero attached hydrogens (tertiary/aromatic N) is 1. The molecule has 1 unspecified atom stereocenters. The van der Waals surface area contributed by atoms with Crippen LogP contribution in [-0.2, 0) is 0 Å². The first-order chi connectivity index (χ1) is 7.86. The van der Waals surface area contributed by atoms with Crippen LogP contribution in [0.3, 0.4) is 0 Å². The first-order valence-corrected chi connectivity index (χ1v) is 6.45. The maximum absolute atomic E-state index is 3.72. The van der Waals surface area contributed by atoms with E-state index in [-0.39, 0.29) is 0 Å². The minimum Gasteiger partial charge on any atom is -0.361 e. The molecule has 0 saturated carbocycles. The molecule has 0 radical (unpaired) electrons. The van der Waals surface area contributed by atoms with Gasteiger partial charge in [-0.1, -0.05) is 22.0 Å². The van der Waals surface area contributed by atoms with Gasteiger partial charge in [0.2, 0.25) is 0 Å². The fourth-order valence-corrected chi connectivity index (χ4v) is 2.92. The lowest BCUT2D eigenvalue weighted by atomic mass is 10.2. The van der Waals surface area contributed by atoms with Gasteiger partial charge in [0.25, 0.3) is 0 Å². The highest BCUT2D eigenvalue weighted by molar-refractivity contribution is 9.09. The predicted molar refractivity (Wildman–Crippen MR) is 71.2 cm³/mol. The Morgan fingerprint density at radius 2 is 2.25 bits per heavy atom. The molecule has 84 valence electrons. The van der Waals surface area contributed by atoms with Crippen molar-refractivity contribution >= 4 is 32.5 Å². The fraction of sp³-hybridized carbons (Fsp3) is 0.333. The van der Waals surface area contributed by atoms with E-state index in [2.05, 4.69) is 55.4 Å². The summed E-state index contributed by atoms with van der Waals surface area (Å²) in [6.07, 6.45) is 2.00. The van der Waals surface area contributed by atoms with Crippen LogP contribution in [0.4, 0.5) is 5.69 Å². The molecular formula is C12H14BrN3. The van der Waals surface area contributed by atoms with Gasteiger partial charge in [0.15, 0.2) is 0 Å². The summed E-state index contributed by atoms with van der Waals surface area (Å²) in [6.45, 7) is 3.07. The number of piperazine rings is 1. The molecule has 1 saturated heterocycles. The van der Waals surface area contributed by atoms with Gasteiger partial charge >= 0.3 is 0 Å². The van der Waals surface area contributed by atoms with Gasteiger partial charge in [0.1, 0.15) is 0 Å². The standard InChI is InChI=1S/C12H14BrN3/c13-12-8-14-6-7-16(12)11-3-1-2-10-9(11)4-5-15-10/h1-5,12,14-15H,6-8H2. The van der Waals surface area contributed by atoms with Crippen LogP contribution < -0.4 is 10.2 Å². The minimum atomic E-state index is 0.377. The predicted octanol–water partition coefficient (Wildman–Crippen LogP) is 2.30. The topological polar surface area (TPSA) is 31.1 Å². The molecule has 1 fully saturated rings. The van der Waals surface area contributed by atoms with Crippen LogP contribution in [-0.4, -0.2) is 29.6 Å². The summed E-state index contributed by atoms with van der Waals surface area (Å²) in [5, 5.41) is 4.68. The Bertz CT molecular complexity index is 494. The molecule has 3 rings (SSSR count). The van der Waals surface area contributed by atoms with E-state index in [1.165, 1.54) is 16.6 Å². The Balaban J connectivity index is 2.07. The third-order valence-electron chi connectivity index (χ3n) is 3.06. The molecule has 2 aromatic rings. The molecule has 1 aromatic heterocycles. The van der Waals surface area contributed by atoms with Gasteiger partial charge in [-0.3, -0.25) is 0 Å². The number of hydrogen-bond acceptors (Lipinski definition) is 2. The zero-order valence-corrected chi connectivity index (χ0v) is 10.5. The van der Waals surface area contributed by atoms with Crippen molar-refractivity contribution in [2.24, 2.45) is 0 Å². The minimum absolute atomic E-state index is 0.377. The molecule has 4 heteroatoms. The fourth-order valence-electron chi connectivity index (χ4n) is 2.26. The van der Waals surface area contributed by atoms with Crippen molar-refractivity contribution in [3.63, 3.8) is 0 Å². The molecule has 0 amide bonds. The quantitative estimate of drug-likeness (QED) is 0.620. The van der Waals surface area contributed by atoms with E-state index >= 15 is 0 Å². The molecule has 0 spiro atoms. The maximum Gasteiger partial charge on any atom is 0.0970 e. The Morgan fingerprint density at radius 3 is 3.12 bits per heavy atom. The highest BCUT2D eigenvalue weighted by Crippen LogP contribution is 2.29. The summed E-state index contributed by atoms with van der Waals surface area (Å²) in [7, 11) is 0. The Hall–Kier alpha value is -1.00. The van der Waals surface area contributed by atoms with Crippen molar-refractivity contribution in [2.45, 2.75) is 4.95 Å². The number of anilines is 1. The average molecular weight is 280 g/mol. The molecule has 0 bridgehead atoms. The molecule has 2 N–H and O–H groups in total. The molecule has 2 heterocycles. The summed E-state index contributed by atoms with van der Waals surface area (Å²) in [4.78, 5) is 6.04. The van der Waals surface area contributed by atoms with Gasteiger partial charge in [-0.05, 0) is 18.2 Å². The van der Waals surface area contributed by atoms with Crippen molar-refractivity contribution in [1.82, 2.24) is 10.3 Å². The number of benzene rings is 1. The molecule has 3 nitrogen and oxygen atoms in total. The maximum atomic E-state index is 3.72. The van der Waals surface area contributed by atoms with Gasteiger partial charge in [0, 0.05) is 42.4 Å². The second-order valence-electron chi connectivity index (χ2n) is 4.05. The van der Waals surface area contributed by atoms with Crippen molar-refractivity contribution in [1.29, 1.82) is 0 Å². The first kappa shape index (κ1) is 10.2.